The maximum atomic E-state index is 12.6. The molecule has 0 radical (unpaired) electrons. The number of piperidine rings is 1. The zero-order chi connectivity index (χ0) is 12.6. The molecule has 0 aromatic carbocycles. The molecule has 1 aliphatic rings. The third-order valence-corrected chi connectivity index (χ3v) is 3.77. The fraction of sp³-hybridized carbons (Fsp3) is 0.692. The second kappa shape index (κ2) is 4.51. The van der Waals surface area contributed by atoms with Crippen LogP contribution in [0.15, 0.2) is 0 Å². The highest BCUT2D eigenvalue weighted by molar-refractivity contribution is 5.96. The topological polar surface area (TPSA) is 49.0 Å². The Labute approximate surface area is 102 Å². The summed E-state index contributed by atoms with van der Waals surface area (Å²) in [6.07, 6.45) is 3.42. The average molecular weight is 235 g/mol. The summed E-state index contributed by atoms with van der Waals surface area (Å²) in [4.78, 5) is 14.6. The van der Waals surface area contributed by atoms with Gasteiger partial charge in [0.25, 0.3) is 5.91 Å². The van der Waals surface area contributed by atoms with Gasteiger partial charge in [-0.05, 0) is 47.0 Å². The van der Waals surface area contributed by atoms with Gasteiger partial charge in [-0.25, -0.2) is 0 Å². The summed E-state index contributed by atoms with van der Waals surface area (Å²) in [6, 6.07) is 0.667. The molecule has 1 amide bonds. The Hall–Kier alpha value is -1.32. The van der Waals surface area contributed by atoms with Crippen molar-refractivity contribution in [1.82, 2.24) is 15.1 Å². The number of likely N-dealkylation sites (tertiary alicyclic amines) is 1. The number of H-pyrrole nitrogens is 1. The predicted octanol–water partition coefficient (Wildman–Crippen LogP) is 2.43. The van der Waals surface area contributed by atoms with Crippen molar-refractivity contribution in [3.8, 4) is 0 Å². The SMILES string of the molecule is Cc1n[nH]c(C)c1C(=O)N1[C@H](C)CCC[C@@H]1C. The standard InChI is InChI=1S/C13H21N3O/c1-8-6-5-7-9(2)16(8)13(17)12-10(3)14-15-11(12)4/h8-9H,5-7H2,1-4H3,(H,14,15)/t8-,9+. The number of rotatable bonds is 1. The van der Waals surface area contributed by atoms with Gasteiger partial charge < -0.3 is 4.90 Å². The first-order chi connectivity index (χ1) is 8.02. The lowest BCUT2D eigenvalue weighted by Gasteiger charge is -2.39. The lowest BCUT2D eigenvalue weighted by molar-refractivity contribution is 0.0509. The van der Waals surface area contributed by atoms with Crippen LogP contribution in [0.4, 0.5) is 0 Å². The van der Waals surface area contributed by atoms with E-state index < -0.39 is 0 Å². The molecule has 4 nitrogen and oxygen atoms in total. The third kappa shape index (κ3) is 2.08. The molecule has 2 atom stereocenters. The lowest BCUT2D eigenvalue weighted by Crippen LogP contribution is -2.47. The van der Waals surface area contributed by atoms with Crippen LogP contribution >= 0.6 is 0 Å². The van der Waals surface area contributed by atoms with Gasteiger partial charge >= 0.3 is 0 Å². The molecule has 0 spiro atoms. The molecular formula is C13H21N3O. The van der Waals surface area contributed by atoms with Gasteiger partial charge in [0, 0.05) is 17.8 Å². The fourth-order valence-electron chi connectivity index (χ4n) is 2.82. The van der Waals surface area contributed by atoms with Gasteiger partial charge in [0.2, 0.25) is 0 Å². The molecule has 1 saturated heterocycles. The molecule has 2 rings (SSSR count). The third-order valence-electron chi connectivity index (χ3n) is 3.77. The van der Waals surface area contributed by atoms with Crippen LogP contribution in [0, 0.1) is 13.8 Å². The highest BCUT2D eigenvalue weighted by atomic mass is 16.2. The molecule has 0 saturated carbocycles. The van der Waals surface area contributed by atoms with Gasteiger partial charge in [-0.1, -0.05) is 0 Å². The molecule has 1 N–H and O–H groups in total. The second-order valence-electron chi connectivity index (χ2n) is 5.15. The molecule has 1 aromatic heterocycles. The van der Waals surface area contributed by atoms with Crippen molar-refractivity contribution in [2.24, 2.45) is 0 Å². The summed E-state index contributed by atoms with van der Waals surface area (Å²) < 4.78 is 0. The first kappa shape index (κ1) is 12.1. The van der Waals surface area contributed by atoms with Crippen LogP contribution < -0.4 is 0 Å². The molecule has 0 aliphatic carbocycles. The van der Waals surface area contributed by atoms with Crippen LogP contribution in [0.1, 0.15) is 54.9 Å². The molecule has 2 heterocycles. The number of hydrogen-bond donors (Lipinski definition) is 1. The Morgan fingerprint density at radius 1 is 1.29 bits per heavy atom. The molecule has 0 bridgehead atoms. The highest BCUT2D eigenvalue weighted by Gasteiger charge is 2.31. The maximum absolute atomic E-state index is 12.6. The van der Waals surface area contributed by atoms with Gasteiger partial charge in [-0.15, -0.1) is 0 Å². The van der Waals surface area contributed by atoms with Crippen LogP contribution in [-0.2, 0) is 0 Å². The quantitative estimate of drug-likeness (QED) is 0.812. The summed E-state index contributed by atoms with van der Waals surface area (Å²) in [5, 5.41) is 7.00. The van der Waals surface area contributed by atoms with Crippen LogP contribution in [-0.4, -0.2) is 33.1 Å². The van der Waals surface area contributed by atoms with Crippen LogP contribution in [0.2, 0.25) is 0 Å². The molecule has 17 heavy (non-hydrogen) atoms. The van der Waals surface area contributed by atoms with Crippen LogP contribution in [0.25, 0.3) is 0 Å². The van der Waals surface area contributed by atoms with E-state index in [1.54, 1.807) is 0 Å². The molecule has 4 heteroatoms. The largest absolute Gasteiger partial charge is 0.333 e. The van der Waals surface area contributed by atoms with Gasteiger partial charge in [-0.2, -0.15) is 5.10 Å². The summed E-state index contributed by atoms with van der Waals surface area (Å²) in [6.45, 7) is 8.07. The number of nitrogens with one attached hydrogen (secondary N) is 1. The number of aromatic amines is 1. The maximum Gasteiger partial charge on any atom is 0.258 e. The summed E-state index contributed by atoms with van der Waals surface area (Å²) in [5.74, 6) is 0.133. The first-order valence-electron chi connectivity index (χ1n) is 6.36. The van der Waals surface area contributed by atoms with E-state index in [0.29, 0.717) is 12.1 Å². The fourth-order valence-corrected chi connectivity index (χ4v) is 2.82. The predicted molar refractivity (Wildman–Crippen MR) is 67.0 cm³/mol. The Morgan fingerprint density at radius 2 is 1.88 bits per heavy atom. The highest BCUT2D eigenvalue weighted by Crippen LogP contribution is 2.25. The van der Waals surface area contributed by atoms with E-state index in [4.69, 9.17) is 0 Å². The minimum absolute atomic E-state index is 0.133. The van der Waals surface area contributed by atoms with E-state index in [2.05, 4.69) is 24.0 Å². The smallest absolute Gasteiger partial charge is 0.258 e. The van der Waals surface area contributed by atoms with E-state index >= 15 is 0 Å². The van der Waals surface area contributed by atoms with Crippen LogP contribution in [0.3, 0.4) is 0 Å². The molecule has 1 aromatic rings. The monoisotopic (exact) mass is 235 g/mol. The Balaban J connectivity index is 2.30. The second-order valence-corrected chi connectivity index (χ2v) is 5.15. The number of nitrogens with zero attached hydrogens (tertiary/aromatic N) is 2. The van der Waals surface area contributed by atoms with Gasteiger partial charge in [-0.3, -0.25) is 9.89 Å². The van der Waals surface area contributed by atoms with E-state index in [-0.39, 0.29) is 5.91 Å². The number of aromatic nitrogens is 2. The van der Waals surface area contributed by atoms with Gasteiger partial charge in [0.1, 0.15) is 0 Å². The van der Waals surface area contributed by atoms with Crippen molar-refractivity contribution in [1.29, 1.82) is 0 Å². The zero-order valence-electron chi connectivity index (χ0n) is 11.1. The summed E-state index contributed by atoms with van der Waals surface area (Å²) in [7, 11) is 0. The van der Waals surface area contributed by atoms with Crippen molar-refractivity contribution in [2.75, 3.05) is 0 Å². The van der Waals surface area contributed by atoms with E-state index in [1.165, 1.54) is 6.42 Å². The number of carbonyl (C=O) groups is 1. The Morgan fingerprint density at radius 3 is 2.35 bits per heavy atom. The van der Waals surface area contributed by atoms with Gasteiger partial charge in [0.05, 0.1) is 11.3 Å². The number of aryl methyl sites for hydroxylation is 2. The molecule has 1 aliphatic heterocycles. The Kier molecular flexibility index (Phi) is 3.22. The first-order valence-corrected chi connectivity index (χ1v) is 6.36. The Bertz CT molecular complexity index is 395. The summed E-state index contributed by atoms with van der Waals surface area (Å²) >= 11 is 0. The van der Waals surface area contributed by atoms with E-state index in [1.807, 2.05) is 18.7 Å². The van der Waals surface area contributed by atoms with Crippen molar-refractivity contribution in [3.05, 3.63) is 17.0 Å². The van der Waals surface area contributed by atoms with Crippen molar-refractivity contribution >= 4 is 5.91 Å². The number of amides is 1. The van der Waals surface area contributed by atoms with Crippen LogP contribution in [0.5, 0.6) is 0 Å². The van der Waals surface area contributed by atoms with Crippen molar-refractivity contribution in [3.63, 3.8) is 0 Å². The minimum Gasteiger partial charge on any atom is -0.333 e. The molecule has 0 unspecified atom stereocenters. The lowest BCUT2D eigenvalue weighted by atomic mass is 9.96. The van der Waals surface area contributed by atoms with Gasteiger partial charge in [0.15, 0.2) is 0 Å². The number of carbonyl (C=O) groups excluding carboxylic acids is 1. The average Bonchev–Trinajstić information content (AvgIpc) is 2.58. The van der Waals surface area contributed by atoms with Crippen molar-refractivity contribution in [2.45, 2.75) is 59.0 Å². The minimum atomic E-state index is 0.133. The number of hydrogen-bond acceptors (Lipinski definition) is 2. The van der Waals surface area contributed by atoms with Crippen molar-refractivity contribution < 1.29 is 4.79 Å². The molecule has 94 valence electrons. The summed E-state index contributed by atoms with van der Waals surface area (Å²) in [5.41, 5.74) is 2.43. The normalized spacial score (nSPS) is 25.1. The van der Waals surface area contributed by atoms with E-state index in [9.17, 15) is 4.79 Å². The van der Waals surface area contributed by atoms with E-state index in [0.717, 1.165) is 29.8 Å². The molecule has 1 fully saturated rings. The molecular weight excluding hydrogens is 214 g/mol. The zero-order valence-corrected chi connectivity index (χ0v) is 11.1.